The van der Waals surface area contributed by atoms with E-state index in [0.29, 0.717) is 11.6 Å². The second kappa shape index (κ2) is 5.13. The summed E-state index contributed by atoms with van der Waals surface area (Å²) in [4.78, 5) is 6.96. The topological polar surface area (TPSA) is 40.7 Å². The molecule has 0 bridgehead atoms. The molecule has 0 fully saturated rings. The SMILES string of the molecule is CCNCC1CCC=C1c1c[nH]c2nc(F)ccc12. The van der Waals surface area contributed by atoms with Crippen LogP contribution in [0.5, 0.6) is 0 Å². The average molecular weight is 259 g/mol. The predicted molar refractivity (Wildman–Crippen MR) is 75.3 cm³/mol. The number of nitrogens with one attached hydrogen (secondary N) is 2. The number of fused-ring (bicyclic) bond motifs is 1. The van der Waals surface area contributed by atoms with Crippen LogP contribution in [0, 0.1) is 11.9 Å². The summed E-state index contributed by atoms with van der Waals surface area (Å²) in [5.74, 6) is 0.106. The predicted octanol–water partition coefficient (Wildman–Crippen LogP) is 3.10. The maximum absolute atomic E-state index is 13.1. The third kappa shape index (κ3) is 2.28. The van der Waals surface area contributed by atoms with Gasteiger partial charge in [-0.3, -0.25) is 0 Å². The fourth-order valence-electron chi connectivity index (χ4n) is 2.84. The van der Waals surface area contributed by atoms with Gasteiger partial charge in [0.25, 0.3) is 0 Å². The minimum atomic E-state index is -0.439. The summed E-state index contributed by atoms with van der Waals surface area (Å²) in [6, 6.07) is 3.24. The van der Waals surface area contributed by atoms with Gasteiger partial charge in [0.15, 0.2) is 0 Å². The highest BCUT2D eigenvalue weighted by atomic mass is 19.1. The molecule has 2 aromatic heterocycles. The number of pyridine rings is 1. The Morgan fingerprint density at radius 1 is 1.47 bits per heavy atom. The number of rotatable bonds is 4. The molecule has 0 saturated carbocycles. The van der Waals surface area contributed by atoms with E-state index in [1.807, 2.05) is 12.3 Å². The van der Waals surface area contributed by atoms with Crippen molar-refractivity contribution in [2.75, 3.05) is 13.1 Å². The smallest absolute Gasteiger partial charge is 0.214 e. The molecule has 3 nitrogen and oxygen atoms in total. The monoisotopic (exact) mass is 259 g/mol. The minimum Gasteiger partial charge on any atom is -0.345 e. The maximum atomic E-state index is 13.1. The Labute approximate surface area is 111 Å². The molecular formula is C15H18FN3. The Hall–Kier alpha value is -1.68. The fourth-order valence-corrected chi connectivity index (χ4v) is 2.84. The molecule has 0 radical (unpaired) electrons. The van der Waals surface area contributed by atoms with Crippen LogP contribution in [0.1, 0.15) is 25.3 Å². The van der Waals surface area contributed by atoms with Gasteiger partial charge in [-0.25, -0.2) is 4.98 Å². The van der Waals surface area contributed by atoms with Crippen molar-refractivity contribution in [3.63, 3.8) is 0 Å². The van der Waals surface area contributed by atoms with E-state index in [1.54, 1.807) is 0 Å². The summed E-state index contributed by atoms with van der Waals surface area (Å²) in [6.07, 6.45) is 6.55. The third-order valence-electron chi connectivity index (χ3n) is 3.78. The number of aromatic amines is 1. The lowest BCUT2D eigenvalue weighted by molar-refractivity contribution is 0.571. The van der Waals surface area contributed by atoms with E-state index in [2.05, 4.69) is 28.3 Å². The largest absolute Gasteiger partial charge is 0.345 e. The van der Waals surface area contributed by atoms with Gasteiger partial charge in [-0.05, 0) is 43.0 Å². The lowest BCUT2D eigenvalue weighted by Gasteiger charge is -2.14. The summed E-state index contributed by atoms with van der Waals surface area (Å²) in [6.45, 7) is 4.12. The molecule has 19 heavy (non-hydrogen) atoms. The summed E-state index contributed by atoms with van der Waals surface area (Å²) in [5, 5.41) is 4.42. The Morgan fingerprint density at radius 3 is 3.21 bits per heavy atom. The summed E-state index contributed by atoms with van der Waals surface area (Å²) >= 11 is 0. The highest BCUT2D eigenvalue weighted by Crippen LogP contribution is 2.36. The van der Waals surface area contributed by atoms with Crippen molar-refractivity contribution in [3.05, 3.63) is 35.9 Å². The first-order valence-electron chi connectivity index (χ1n) is 6.84. The van der Waals surface area contributed by atoms with Crippen LogP contribution in [0.3, 0.4) is 0 Å². The van der Waals surface area contributed by atoms with E-state index in [4.69, 9.17) is 0 Å². The number of hydrogen-bond donors (Lipinski definition) is 2. The number of H-pyrrole nitrogens is 1. The third-order valence-corrected chi connectivity index (χ3v) is 3.78. The first-order valence-corrected chi connectivity index (χ1v) is 6.84. The molecule has 2 aromatic rings. The van der Waals surface area contributed by atoms with Crippen molar-refractivity contribution >= 4 is 16.6 Å². The van der Waals surface area contributed by atoms with E-state index in [1.165, 1.54) is 23.6 Å². The molecule has 1 aliphatic rings. The van der Waals surface area contributed by atoms with Crippen LogP contribution in [-0.4, -0.2) is 23.1 Å². The van der Waals surface area contributed by atoms with E-state index in [0.717, 1.165) is 24.9 Å². The molecule has 100 valence electrons. The van der Waals surface area contributed by atoms with Crippen LogP contribution in [0.4, 0.5) is 4.39 Å². The zero-order valence-electron chi connectivity index (χ0n) is 11.0. The molecule has 3 rings (SSSR count). The highest BCUT2D eigenvalue weighted by Gasteiger charge is 2.22. The molecule has 2 heterocycles. The van der Waals surface area contributed by atoms with Crippen LogP contribution in [0.15, 0.2) is 24.4 Å². The molecule has 0 amide bonds. The Kier molecular flexibility index (Phi) is 3.34. The zero-order chi connectivity index (χ0) is 13.2. The van der Waals surface area contributed by atoms with Crippen molar-refractivity contribution in [2.24, 2.45) is 5.92 Å². The molecular weight excluding hydrogens is 241 g/mol. The van der Waals surface area contributed by atoms with Gasteiger partial charge >= 0.3 is 0 Å². The average Bonchev–Trinajstić information content (AvgIpc) is 3.01. The van der Waals surface area contributed by atoms with E-state index >= 15 is 0 Å². The molecule has 0 saturated heterocycles. The molecule has 0 aromatic carbocycles. The van der Waals surface area contributed by atoms with Crippen molar-refractivity contribution in [1.82, 2.24) is 15.3 Å². The molecule has 0 spiro atoms. The maximum Gasteiger partial charge on any atom is 0.214 e. The van der Waals surface area contributed by atoms with Gasteiger partial charge in [-0.15, -0.1) is 0 Å². The summed E-state index contributed by atoms with van der Waals surface area (Å²) in [5.41, 5.74) is 3.16. The fraction of sp³-hybridized carbons (Fsp3) is 0.400. The van der Waals surface area contributed by atoms with Gasteiger partial charge in [0.2, 0.25) is 5.95 Å². The van der Waals surface area contributed by atoms with Crippen molar-refractivity contribution in [2.45, 2.75) is 19.8 Å². The number of nitrogens with zero attached hydrogens (tertiary/aromatic N) is 1. The van der Waals surface area contributed by atoms with Gasteiger partial charge in [0.05, 0.1) is 0 Å². The standard InChI is InChI=1S/C15H18FN3/c1-2-17-8-10-4-3-5-11(10)13-9-18-15-12(13)6-7-14(16)19-15/h5-7,9-10,17H,2-4,8H2,1H3,(H,18,19). The van der Waals surface area contributed by atoms with Gasteiger partial charge in [0, 0.05) is 23.7 Å². The number of aromatic nitrogens is 2. The molecule has 1 atom stereocenters. The molecule has 4 heteroatoms. The van der Waals surface area contributed by atoms with Crippen LogP contribution >= 0.6 is 0 Å². The first kappa shape index (κ1) is 12.4. The molecule has 1 unspecified atom stereocenters. The Bertz CT molecular complexity index is 615. The van der Waals surface area contributed by atoms with Crippen LogP contribution in [0.25, 0.3) is 16.6 Å². The second-order valence-electron chi connectivity index (χ2n) is 4.97. The van der Waals surface area contributed by atoms with Crippen molar-refractivity contribution < 1.29 is 4.39 Å². The second-order valence-corrected chi connectivity index (χ2v) is 4.97. The number of halogens is 1. The zero-order valence-corrected chi connectivity index (χ0v) is 11.0. The first-order chi connectivity index (χ1) is 9.29. The van der Waals surface area contributed by atoms with Crippen molar-refractivity contribution in [3.8, 4) is 0 Å². The molecule has 0 aliphatic heterocycles. The Balaban J connectivity index is 1.95. The van der Waals surface area contributed by atoms with Gasteiger partial charge < -0.3 is 10.3 Å². The van der Waals surface area contributed by atoms with Crippen LogP contribution in [0.2, 0.25) is 0 Å². The lowest BCUT2D eigenvalue weighted by atomic mass is 9.95. The van der Waals surface area contributed by atoms with E-state index in [-0.39, 0.29) is 0 Å². The minimum absolute atomic E-state index is 0.439. The summed E-state index contributed by atoms with van der Waals surface area (Å²) < 4.78 is 13.1. The van der Waals surface area contributed by atoms with E-state index in [9.17, 15) is 4.39 Å². The normalized spacial score (nSPS) is 19.1. The molecule has 1 aliphatic carbocycles. The van der Waals surface area contributed by atoms with Crippen LogP contribution in [-0.2, 0) is 0 Å². The van der Waals surface area contributed by atoms with Gasteiger partial charge in [0.1, 0.15) is 5.65 Å². The number of hydrogen-bond acceptors (Lipinski definition) is 2. The van der Waals surface area contributed by atoms with Gasteiger partial charge in [-0.2, -0.15) is 4.39 Å². The van der Waals surface area contributed by atoms with Crippen molar-refractivity contribution in [1.29, 1.82) is 0 Å². The van der Waals surface area contributed by atoms with Crippen LogP contribution < -0.4 is 5.32 Å². The van der Waals surface area contributed by atoms with Gasteiger partial charge in [-0.1, -0.05) is 13.0 Å². The molecule has 2 N–H and O–H groups in total. The quantitative estimate of drug-likeness (QED) is 0.828. The lowest BCUT2D eigenvalue weighted by Crippen LogP contribution is -2.21. The number of allylic oxidation sites excluding steroid dienone is 1. The van der Waals surface area contributed by atoms with E-state index < -0.39 is 5.95 Å². The summed E-state index contributed by atoms with van der Waals surface area (Å²) in [7, 11) is 0. The Morgan fingerprint density at radius 2 is 2.37 bits per heavy atom. The highest BCUT2D eigenvalue weighted by molar-refractivity contribution is 5.91.